The number of nitrogens with one attached hydrogen (secondary N) is 1. The van der Waals surface area contributed by atoms with Gasteiger partial charge in [0, 0.05) is 29.4 Å². The number of rotatable bonds is 6. The average Bonchev–Trinajstić information content (AvgIpc) is 2.46. The summed E-state index contributed by atoms with van der Waals surface area (Å²) in [6, 6.07) is 2.31. The Morgan fingerprint density at radius 2 is 2.25 bits per heavy atom. The lowest BCUT2D eigenvalue weighted by Gasteiger charge is -2.16. The van der Waals surface area contributed by atoms with Crippen molar-refractivity contribution in [3.8, 4) is 0 Å². The monoisotopic (exact) mass is 238 g/mol. The first-order valence-corrected chi connectivity index (χ1v) is 6.40. The van der Waals surface area contributed by atoms with Gasteiger partial charge in [-0.1, -0.05) is 12.2 Å². The van der Waals surface area contributed by atoms with Crippen LogP contribution >= 0.6 is 11.3 Å². The molecule has 0 fully saturated rings. The van der Waals surface area contributed by atoms with Crippen molar-refractivity contribution in [1.82, 2.24) is 10.2 Å². The molecule has 0 aromatic carbocycles. The minimum Gasteiger partial charge on any atom is -0.315 e. The summed E-state index contributed by atoms with van der Waals surface area (Å²) in [5.74, 6) is 0. The van der Waals surface area contributed by atoms with Gasteiger partial charge >= 0.3 is 0 Å². The van der Waals surface area contributed by atoms with Crippen molar-refractivity contribution in [2.75, 3.05) is 20.6 Å². The van der Waals surface area contributed by atoms with Crippen molar-refractivity contribution in [3.63, 3.8) is 0 Å². The zero-order valence-electron chi connectivity index (χ0n) is 10.8. The molecular formula is C13H22N2S. The zero-order chi connectivity index (χ0) is 12.1. The van der Waals surface area contributed by atoms with Crippen LogP contribution in [0.2, 0.25) is 0 Å². The molecule has 1 aromatic heterocycles. The van der Waals surface area contributed by atoms with Crippen molar-refractivity contribution in [2.45, 2.75) is 26.9 Å². The van der Waals surface area contributed by atoms with Crippen LogP contribution in [-0.2, 0) is 13.1 Å². The average molecular weight is 238 g/mol. The SMILES string of the molecule is C=C(C)CN(C)Cc1cc(CNC)sc1C. The molecule has 16 heavy (non-hydrogen) atoms. The van der Waals surface area contributed by atoms with Crippen LogP contribution in [0.25, 0.3) is 0 Å². The van der Waals surface area contributed by atoms with Gasteiger partial charge in [-0.25, -0.2) is 0 Å². The van der Waals surface area contributed by atoms with Gasteiger partial charge in [-0.2, -0.15) is 0 Å². The highest BCUT2D eigenvalue weighted by atomic mass is 32.1. The maximum Gasteiger partial charge on any atom is 0.0296 e. The second kappa shape index (κ2) is 6.18. The molecule has 0 amide bonds. The van der Waals surface area contributed by atoms with Crippen molar-refractivity contribution in [3.05, 3.63) is 33.5 Å². The highest BCUT2D eigenvalue weighted by Gasteiger charge is 2.07. The van der Waals surface area contributed by atoms with Crippen molar-refractivity contribution in [2.24, 2.45) is 0 Å². The molecule has 2 nitrogen and oxygen atoms in total. The maximum absolute atomic E-state index is 3.94. The van der Waals surface area contributed by atoms with Gasteiger partial charge in [0.15, 0.2) is 0 Å². The second-order valence-corrected chi connectivity index (χ2v) is 5.79. The van der Waals surface area contributed by atoms with Crippen LogP contribution in [0.3, 0.4) is 0 Å². The first kappa shape index (κ1) is 13.4. The molecule has 0 bridgehead atoms. The molecule has 1 N–H and O–H groups in total. The van der Waals surface area contributed by atoms with Gasteiger partial charge in [0.2, 0.25) is 0 Å². The molecule has 1 aromatic rings. The Kier molecular flexibility index (Phi) is 5.19. The van der Waals surface area contributed by atoms with Crippen LogP contribution in [0.15, 0.2) is 18.2 Å². The highest BCUT2D eigenvalue weighted by molar-refractivity contribution is 7.12. The van der Waals surface area contributed by atoms with E-state index >= 15 is 0 Å². The van der Waals surface area contributed by atoms with Crippen LogP contribution in [0, 0.1) is 6.92 Å². The fourth-order valence-electron chi connectivity index (χ4n) is 1.81. The zero-order valence-corrected chi connectivity index (χ0v) is 11.6. The fraction of sp³-hybridized carbons (Fsp3) is 0.538. The van der Waals surface area contributed by atoms with E-state index in [0.29, 0.717) is 0 Å². The third-order valence-corrected chi connectivity index (χ3v) is 3.50. The van der Waals surface area contributed by atoms with Crippen LogP contribution in [0.5, 0.6) is 0 Å². The Balaban J connectivity index is 2.62. The van der Waals surface area contributed by atoms with Crippen molar-refractivity contribution < 1.29 is 0 Å². The standard InChI is InChI=1S/C13H22N2S/c1-10(2)8-15(5)9-12-6-13(7-14-4)16-11(12)3/h6,14H,1,7-9H2,2-5H3. The Labute approximate surface area is 103 Å². The fourth-order valence-corrected chi connectivity index (χ4v) is 2.88. The summed E-state index contributed by atoms with van der Waals surface area (Å²) in [5, 5.41) is 3.19. The summed E-state index contributed by atoms with van der Waals surface area (Å²) in [5.41, 5.74) is 2.66. The summed E-state index contributed by atoms with van der Waals surface area (Å²) in [6.07, 6.45) is 0. The molecular weight excluding hydrogens is 216 g/mol. The van der Waals surface area contributed by atoms with E-state index < -0.39 is 0 Å². The number of hydrogen-bond donors (Lipinski definition) is 1. The van der Waals surface area contributed by atoms with E-state index in [1.54, 1.807) is 0 Å². The molecule has 0 saturated carbocycles. The molecule has 0 atom stereocenters. The summed E-state index contributed by atoms with van der Waals surface area (Å²) in [7, 11) is 4.13. The minimum absolute atomic E-state index is 0.968. The largest absolute Gasteiger partial charge is 0.315 e. The third-order valence-electron chi connectivity index (χ3n) is 2.40. The van der Waals surface area contributed by atoms with E-state index in [2.05, 4.69) is 43.8 Å². The van der Waals surface area contributed by atoms with Crippen LogP contribution in [-0.4, -0.2) is 25.5 Å². The predicted molar refractivity (Wildman–Crippen MR) is 73.0 cm³/mol. The predicted octanol–water partition coefficient (Wildman–Crippen LogP) is 2.78. The number of aryl methyl sites for hydroxylation is 1. The first-order chi connectivity index (χ1) is 7.52. The van der Waals surface area contributed by atoms with Crippen LogP contribution in [0.4, 0.5) is 0 Å². The smallest absolute Gasteiger partial charge is 0.0296 e. The van der Waals surface area contributed by atoms with Gasteiger partial charge in [0.25, 0.3) is 0 Å². The molecule has 0 aliphatic rings. The quantitative estimate of drug-likeness (QED) is 0.767. The second-order valence-electron chi connectivity index (χ2n) is 4.45. The van der Waals surface area contributed by atoms with Gasteiger partial charge in [-0.3, -0.25) is 4.90 Å². The summed E-state index contributed by atoms with van der Waals surface area (Å²) in [6.45, 7) is 11.2. The molecule has 0 unspecified atom stereocenters. The molecule has 0 saturated heterocycles. The number of likely N-dealkylation sites (N-methyl/N-ethyl adjacent to an activating group) is 1. The van der Waals surface area contributed by atoms with E-state index in [-0.39, 0.29) is 0 Å². The van der Waals surface area contributed by atoms with Gasteiger partial charge in [-0.15, -0.1) is 11.3 Å². The lowest BCUT2D eigenvalue weighted by atomic mass is 10.2. The van der Waals surface area contributed by atoms with Gasteiger partial charge in [0.1, 0.15) is 0 Å². The van der Waals surface area contributed by atoms with Crippen molar-refractivity contribution >= 4 is 11.3 Å². The topological polar surface area (TPSA) is 15.3 Å². The molecule has 0 aliphatic carbocycles. The lowest BCUT2D eigenvalue weighted by Crippen LogP contribution is -2.19. The van der Waals surface area contributed by atoms with Gasteiger partial charge in [-0.05, 0) is 39.6 Å². The van der Waals surface area contributed by atoms with E-state index in [4.69, 9.17) is 0 Å². The van der Waals surface area contributed by atoms with E-state index in [1.807, 2.05) is 18.4 Å². The van der Waals surface area contributed by atoms with E-state index in [0.717, 1.165) is 19.6 Å². The summed E-state index contributed by atoms with van der Waals surface area (Å²) < 4.78 is 0. The van der Waals surface area contributed by atoms with E-state index in [9.17, 15) is 0 Å². The Hall–Kier alpha value is -0.640. The molecule has 3 heteroatoms. The number of thiophene rings is 1. The van der Waals surface area contributed by atoms with E-state index in [1.165, 1.54) is 20.9 Å². The maximum atomic E-state index is 3.94. The van der Waals surface area contributed by atoms with Crippen LogP contribution < -0.4 is 5.32 Å². The molecule has 0 spiro atoms. The third kappa shape index (κ3) is 4.08. The summed E-state index contributed by atoms with van der Waals surface area (Å²) >= 11 is 1.89. The van der Waals surface area contributed by atoms with Gasteiger partial charge in [0.05, 0.1) is 0 Å². The Morgan fingerprint density at radius 3 is 2.81 bits per heavy atom. The van der Waals surface area contributed by atoms with Gasteiger partial charge < -0.3 is 5.32 Å². The molecule has 0 radical (unpaired) electrons. The molecule has 90 valence electrons. The Morgan fingerprint density at radius 1 is 1.56 bits per heavy atom. The first-order valence-electron chi connectivity index (χ1n) is 5.58. The highest BCUT2D eigenvalue weighted by Crippen LogP contribution is 2.22. The minimum atomic E-state index is 0.968. The molecule has 1 rings (SSSR count). The Bertz CT molecular complexity index is 355. The molecule has 1 heterocycles. The van der Waals surface area contributed by atoms with Crippen LogP contribution in [0.1, 0.15) is 22.2 Å². The number of hydrogen-bond acceptors (Lipinski definition) is 3. The van der Waals surface area contributed by atoms with Crippen molar-refractivity contribution in [1.29, 1.82) is 0 Å². The molecule has 0 aliphatic heterocycles. The summed E-state index contributed by atoms with van der Waals surface area (Å²) in [4.78, 5) is 5.15. The lowest BCUT2D eigenvalue weighted by molar-refractivity contribution is 0.355. The number of nitrogens with zero attached hydrogens (tertiary/aromatic N) is 1. The normalized spacial score (nSPS) is 11.1.